The summed E-state index contributed by atoms with van der Waals surface area (Å²) in [5.41, 5.74) is 2.37. The first-order valence-electron chi connectivity index (χ1n) is 12.5. The molecule has 2 saturated heterocycles. The van der Waals surface area contributed by atoms with Gasteiger partial charge in [-0.3, -0.25) is 4.79 Å². The molecule has 0 saturated carbocycles. The van der Waals surface area contributed by atoms with Gasteiger partial charge < -0.3 is 9.80 Å². The van der Waals surface area contributed by atoms with Crippen LogP contribution in [0.2, 0.25) is 0 Å². The van der Waals surface area contributed by atoms with Crippen molar-refractivity contribution in [2.24, 2.45) is 5.92 Å². The van der Waals surface area contributed by atoms with Crippen LogP contribution >= 0.6 is 23.1 Å². The van der Waals surface area contributed by atoms with E-state index in [1.54, 1.807) is 27.8 Å². The Balaban J connectivity index is 1.18. The van der Waals surface area contributed by atoms with Gasteiger partial charge in [0.25, 0.3) is 0 Å². The number of sulfonamides is 1. The van der Waals surface area contributed by atoms with Gasteiger partial charge in [0.1, 0.15) is 0 Å². The fourth-order valence-electron chi connectivity index (χ4n) is 5.10. The lowest BCUT2D eigenvalue weighted by Crippen LogP contribution is -2.52. The fourth-order valence-corrected chi connectivity index (χ4v) is 8.76. The molecular formula is C26H32N4O3S3. The summed E-state index contributed by atoms with van der Waals surface area (Å²) in [6, 6.07) is 13.5. The van der Waals surface area contributed by atoms with E-state index in [-0.39, 0.29) is 11.8 Å². The van der Waals surface area contributed by atoms with Gasteiger partial charge in [0, 0.05) is 50.1 Å². The van der Waals surface area contributed by atoms with E-state index in [1.807, 2.05) is 23.3 Å². The number of hydrogen-bond acceptors (Lipinski definition) is 7. The number of piperazine rings is 1. The van der Waals surface area contributed by atoms with E-state index < -0.39 is 10.0 Å². The number of fused-ring (bicyclic) bond motifs is 1. The third-order valence-corrected chi connectivity index (χ3v) is 11.2. The van der Waals surface area contributed by atoms with Gasteiger partial charge in [0.2, 0.25) is 15.9 Å². The van der Waals surface area contributed by atoms with Crippen LogP contribution in [0.25, 0.3) is 10.2 Å². The van der Waals surface area contributed by atoms with Gasteiger partial charge in [-0.05, 0) is 49.3 Å². The molecule has 0 bridgehead atoms. The minimum absolute atomic E-state index is 0.117. The Morgan fingerprint density at radius 3 is 2.44 bits per heavy atom. The molecule has 1 aromatic heterocycles. The van der Waals surface area contributed by atoms with Crippen molar-refractivity contribution >= 4 is 54.4 Å². The number of hydrogen-bond donors (Lipinski definition) is 0. The van der Waals surface area contributed by atoms with Crippen LogP contribution in [0.3, 0.4) is 0 Å². The molecule has 0 N–H and O–H groups in total. The van der Waals surface area contributed by atoms with E-state index in [0.717, 1.165) is 35.1 Å². The van der Waals surface area contributed by atoms with E-state index in [0.29, 0.717) is 43.9 Å². The smallest absolute Gasteiger partial charge is 0.244 e. The van der Waals surface area contributed by atoms with Crippen LogP contribution in [0.15, 0.2) is 52.3 Å². The zero-order chi connectivity index (χ0) is 25.3. The molecule has 5 rings (SSSR count). The Bertz CT molecular complexity index is 1340. The van der Waals surface area contributed by atoms with Gasteiger partial charge in [-0.15, -0.1) is 11.8 Å². The van der Waals surface area contributed by atoms with Gasteiger partial charge in [-0.1, -0.05) is 42.5 Å². The molecular weight excluding hydrogens is 513 g/mol. The van der Waals surface area contributed by atoms with Gasteiger partial charge in [-0.2, -0.15) is 4.31 Å². The summed E-state index contributed by atoms with van der Waals surface area (Å²) >= 11 is 3.16. The van der Waals surface area contributed by atoms with Crippen LogP contribution in [-0.2, 0) is 21.2 Å². The summed E-state index contributed by atoms with van der Waals surface area (Å²) in [6.07, 6.45) is 3.99. The van der Waals surface area contributed by atoms with E-state index in [2.05, 4.69) is 30.0 Å². The quantitative estimate of drug-likeness (QED) is 0.430. The molecule has 2 aliphatic rings. The minimum Gasteiger partial charge on any atom is -0.345 e. The Hall–Kier alpha value is -2.14. The number of benzene rings is 2. The monoisotopic (exact) mass is 544 g/mol. The second kappa shape index (κ2) is 10.7. The van der Waals surface area contributed by atoms with E-state index in [4.69, 9.17) is 4.98 Å². The zero-order valence-electron chi connectivity index (χ0n) is 20.7. The van der Waals surface area contributed by atoms with Gasteiger partial charge >= 0.3 is 0 Å². The van der Waals surface area contributed by atoms with Crippen LogP contribution in [0.5, 0.6) is 0 Å². The van der Waals surface area contributed by atoms with Crippen molar-refractivity contribution in [1.82, 2.24) is 14.2 Å². The Morgan fingerprint density at radius 2 is 1.75 bits per heavy atom. The molecule has 7 nitrogen and oxygen atoms in total. The molecule has 0 radical (unpaired) electrons. The highest BCUT2D eigenvalue weighted by Gasteiger charge is 2.35. The molecule has 0 aliphatic carbocycles. The number of aromatic nitrogens is 1. The molecule has 10 heteroatoms. The highest BCUT2D eigenvalue weighted by Crippen LogP contribution is 2.33. The minimum atomic E-state index is -3.56. The molecule has 2 aromatic carbocycles. The number of piperidine rings is 1. The number of aryl methyl sites for hydroxylation is 1. The highest BCUT2D eigenvalue weighted by molar-refractivity contribution is 7.99. The summed E-state index contributed by atoms with van der Waals surface area (Å²) in [7, 11) is -3.56. The van der Waals surface area contributed by atoms with Crippen molar-refractivity contribution in [1.29, 1.82) is 0 Å². The average Bonchev–Trinajstić information content (AvgIpc) is 3.37. The molecule has 1 amide bonds. The standard InChI is InChI=1S/C26H32N4O3S3/c1-3-19-7-6-9-22-24(19)27-26(35-22)29-17-15-28(16-18-29)25(31)20-11-13-30(14-12-20)36(32,33)23-10-5-4-8-21(23)34-2/h4-10,20H,3,11-18H2,1-2H3. The first-order valence-corrected chi connectivity index (χ1v) is 16.0. The van der Waals surface area contributed by atoms with Crippen molar-refractivity contribution in [2.75, 3.05) is 50.4 Å². The lowest BCUT2D eigenvalue weighted by atomic mass is 9.96. The maximum absolute atomic E-state index is 13.3. The number of carbonyl (C=O) groups excluding carboxylic acids is 1. The van der Waals surface area contributed by atoms with Gasteiger partial charge in [-0.25, -0.2) is 13.4 Å². The number of anilines is 1. The number of amides is 1. The normalized spacial score (nSPS) is 18.2. The SMILES string of the molecule is CCc1cccc2sc(N3CCN(C(=O)C4CCN(S(=O)(=O)c5ccccc5SC)CC4)CC3)nc12. The first kappa shape index (κ1) is 25.5. The van der Waals surface area contributed by atoms with Crippen LogP contribution in [0, 0.1) is 5.92 Å². The predicted molar refractivity (Wildman–Crippen MR) is 147 cm³/mol. The third kappa shape index (κ3) is 4.88. The molecule has 0 atom stereocenters. The number of nitrogens with zero attached hydrogens (tertiary/aromatic N) is 4. The summed E-state index contributed by atoms with van der Waals surface area (Å²) < 4.78 is 29.2. The van der Waals surface area contributed by atoms with Crippen LogP contribution in [0.1, 0.15) is 25.3 Å². The summed E-state index contributed by atoms with van der Waals surface area (Å²) in [4.78, 5) is 23.5. The molecule has 2 fully saturated rings. The Morgan fingerprint density at radius 1 is 1.03 bits per heavy atom. The topological polar surface area (TPSA) is 73.8 Å². The molecule has 0 unspecified atom stereocenters. The fraction of sp³-hybridized carbons (Fsp3) is 0.462. The number of carbonyl (C=O) groups is 1. The zero-order valence-corrected chi connectivity index (χ0v) is 23.2. The van der Waals surface area contributed by atoms with Crippen LogP contribution in [-0.4, -0.2) is 74.0 Å². The largest absolute Gasteiger partial charge is 0.345 e. The Labute approximate surface area is 221 Å². The second-order valence-corrected chi connectivity index (χ2v) is 13.0. The number of thioether (sulfide) groups is 1. The van der Waals surface area contributed by atoms with Crippen molar-refractivity contribution in [3.8, 4) is 0 Å². The van der Waals surface area contributed by atoms with Crippen molar-refractivity contribution < 1.29 is 13.2 Å². The van der Waals surface area contributed by atoms with Crippen molar-refractivity contribution in [3.05, 3.63) is 48.0 Å². The third-order valence-electron chi connectivity index (χ3n) is 7.22. The highest BCUT2D eigenvalue weighted by atomic mass is 32.2. The maximum Gasteiger partial charge on any atom is 0.244 e. The van der Waals surface area contributed by atoms with Gasteiger partial charge in [0.15, 0.2) is 5.13 Å². The average molecular weight is 545 g/mol. The predicted octanol–water partition coefficient (Wildman–Crippen LogP) is 4.33. The summed E-state index contributed by atoms with van der Waals surface area (Å²) in [5.74, 6) is 0.0436. The lowest BCUT2D eigenvalue weighted by Gasteiger charge is -2.38. The second-order valence-electron chi connectivity index (χ2n) is 9.26. The Kier molecular flexibility index (Phi) is 7.57. The number of thiazole rings is 1. The first-order chi connectivity index (χ1) is 17.4. The summed E-state index contributed by atoms with van der Waals surface area (Å²) in [6.45, 7) is 5.81. The molecule has 2 aliphatic heterocycles. The van der Waals surface area contributed by atoms with Crippen LogP contribution in [0.4, 0.5) is 5.13 Å². The van der Waals surface area contributed by atoms with E-state index in [1.165, 1.54) is 22.0 Å². The maximum atomic E-state index is 13.3. The number of para-hydroxylation sites is 1. The molecule has 0 spiro atoms. The number of rotatable bonds is 6. The van der Waals surface area contributed by atoms with E-state index >= 15 is 0 Å². The van der Waals surface area contributed by atoms with Crippen molar-refractivity contribution in [3.63, 3.8) is 0 Å². The molecule has 36 heavy (non-hydrogen) atoms. The van der Waals surface area contributed by atoms with Crippen LogP contribution < -0.4 is 4.90 Å². The molecule has 3 aromatic rings. The van der Waals surface area contributed by atoms with E-state index in [9.17, 15) is 13.2 Å². The summed E-state index contributed by atoms with van der Waals surface area (Å²) in [5, 5.41) is 1.03. The van der Waals surface area contributed by atoms with Gasteiger partial charge in [0.05, 0.1) is 15.1 Å². The lowest BCUT2D eigenvalue weighted by molar-refractivity contribution is -0.137. The molecule has 3 heterocycles. The van der Waals surface area contributed by atoms with Crippen molar-refractivity contribution in [2.45, 2.75) is 36.0 Å². The molecule has 192 valence electrons.